The van der Waals surface area contributed by atoms with Crippen molar-refractivity contribution in [3.63, 3.8) is 0 Å². The third-order valence-electron chi connectivity index (χ3n) is 4.82. The molecule has 0 spiro atoms. The number of carbonyl (C=O) groups excluding carboxylic acids is 2. The summed E-state index contributed by atoms with van der Waals surface area (Å²) in [7, 11) is 0. The summed E-state index contributed by atoms with van der Waals surface area (Å²) < 4.78 is 14.5. The van der Waals surface area contributed by atoms with Crippen molar-refractivity contribution in [3.8, 4) is 0 Å². The molecule has 28 heavy (non-hydrogen) atoms. The molecular weight excluding hydrogens is 402 g/mol. The predicted molar refractivity (Wildman–Crippen MR) is 110 cm³/mol. The molecule has 148 valence electrons. The summed E-state index contributed by atoms with van der Waals surface area (Å²) in [5.74, 6) is -0.631. The number of halogens is 3. The van der Waals surface area contributed by atoms with Gasteiger partial charge in [-0.2, -0.15) is 0 Å². The smallest absolute Gasteiger partial charge is 0.255 e. The van der Waals surface area contributed by atoms with Crippen molar-refractivity contribution in [1.29, 1.82) is 0 Å². The van der Waals surface area contributed by atoms with E-state index in [1.807, 2.05) is 11.8 Å². The second-order valence-electron chi connectivity index (χ2n) is 6.74. The van der Waals surface area contributed by atoms with E-state index in [9.17, 15) is 14.0 Å². The molecular formula is C21H21Cl2FN2O2. The van der Waals surface area contributed by atoms with E-state index in [4.69, 9.17) is 23.2 Å². The number of hydrogen-bond acceptors (Lipinski definition) is 3. The zero-order valence-electron chi connectivity index (χ0n) is 15.6. The minimum absolute atomic E-state index is 0.0526. The molecule has 0 unspecified atom stereocenters. The van der Waals surface area contributed by atoms with Gasteiger partial charge in [0.2, 0.25) is 0 Å². The van der Waals surface area contributed by atoms with E-state index in [0.29, 0.717) is 59.5 Å². The van der Waals surface area contributed by atoms with Crippen LogP contribution < -0.4 is 4.90 Å². The number of ketones is 1. The van der Waals surface area contributed by atoms with Gasteiger partial charge in [0.1, 0.15) is 5.82 Å². The zero-order chi connectivity index (χ0) is 20.3. The van der Waals surface area contributed by atoms with Gasteiger partial charge in [-0.05, 0) is 42.8 Å². The predicted octanol–water partition coefficient (Wildman–Crippen LogP) is 5.08. The number of piperazine rings is 1. The summed E-state index contributed by atoms with van der Waals surface area (Å²) in [5.41, 5.74) is 1.25. The molecule has 0 radical (unpaired) electrons. The lowest BCUT2D eigenvalue weighted by atomic mass is 10.1. The summed E-state index contributed by atoms with van der Waals surface area (Å²) >= 11 is 12.0. The Morgan fingerprint density at radius 2 is 1.75 bits per heavy atom. The molecule has 1 aliphatic heterocycles. The maximum Gasteiger partial charge on any atom is 0.255 e. The first-order chi connectivity index (χ1) is 13.4. The first kappa shape index (κ1) is 20.6. The largest absolute Gasteiger partial charge is 0.366 e. The lowest BCUT2D eigenvalue weighted by Crippen LogP contribution is -2.49. The van der Waals surface area contributed by atoms with Crippen LogP contribution in [0, 0.1) is 5.82 Å². The number of carbonyl (C=O) groups is 2. The Balaban J connectivity index is 1.66. The maximum atomic E-state index is 14.5. The highest BCUT2D eigenvalue weighted by molar-refractivity contribution is 6.36. The molecule has 0 bridgehead atoms. The van der Waals surface area contributed by atoms with Crippen LogP contribution in [0.25, 0.3) is 0 Å². The molecule has 3 rings (SSSR count). The molecule has 1 aliphatic rings. The Morgan fingerprint density at radius 3 is 2.36 bits per heavy atom. The normalized spacial score (nSPS) is 14.3. The number of amides is 1. The first-order valence-electron chi connectivity index (χ1n) is 9.22. The molecule has 1 heterocycles. The minimum Gasteiger partial charge on any atom is -0.366 e. The summed E-state index contributed by atoms with van der Waals surface area (Å²) in [5, 5.41) is 0.793. The lowest BCUT2D eigenvalue weighted by Gasteiger charge is -2.36. The fourth-order valence-corrected chi connectivity index (χ4v) is 3.78. The topological polar surface area (TPSA) is 40.6 Å². The summed E-state index contributed by atoms with van der Waals surface area (Å²) in [6.45, 7) is 3.81. The fourth-order valence-electron chi connectivity index (χ4n) is 3.29. The quantitative estimate of drug-likeness (QED) is 0.630. The first-order valence-corrected chi connectivity index (χ1v) is 9.98. The third-order valence-corrected chi connectivity index (χ3v) is 5.36. The van der Waals surface area contributed by atoms with Gasteiger partial charge in [-0.25, -0.2) is 4.39 Å². The Labute approximate surface area is 173 Å². The highest BCUT2D eigenvalue weighted by Gasteiger charge is 2.25. The van der Waals surface area contributed by atoms with Gasteiger partial charge in [0, 0.05) is 43.2 Å². The molecule has 0 atom stereocenters. The van der Waals surface area contributed by atoms with Crippen molar-refractivity contribution in [3.05, 3.63) is 63.4 Å². The van der Waals surface area contributed by atoms with Crippen LogP contribution in [-0.2, 0) is 0 Å². The van der Waals surface area contributed by atoms with E-state index in [1.54, 1.807) is 35.2 Å². The van der Waals surface area contributed by atoms with E-state index in [2.05, 4.69) is 0 Å². The number of benzene rings is 2. The van der Waals surface area contributed by atoms with Crippen molar-refractivity contribution in [1.82, 2.24) is 4.90 Å². The summed E-state index contributed by atoms with van der Waals surface area (Å²) in [4.78, 5) is 28.2. The second-order valence-corrected chi connectivity index (χ2v) is 7.59. The molecule has 1 fully saturated rings. The standard InChI is InChI=1S/C21H21Cl2FN2O2/c1-2-3-20(27)14-4-7-19(18(24)12-14)25-8-10-26(11-9-25)21(28)16-6-5-15(22)13-17(16)23/h4-7,12-13H,2-3,8-11H2,1H3. The molecule has 2 aromatic carbocycles. The van der Waals surface area contributed by atoms with E-state index in [-0.39, 0.29) is 11.7 Å². The van der Waals surface area contributed by atoms with Crippen molar-refractivity contribution in [2.45, 2.75) is 19.8 Å². The Hall–Kier alpha value is -2.11. The van der Waals surface area contributed by atoms with E-state index >= 15 is 0 Å². The highest BCUT2D eigenvalue weighted by atomic mass is 35.5. The van der Waals surface area contributed by atoms with E-state index in [1.165, 1.54) is 6.07 Å². The molecule has 1 amide bonds. The molecule has 0 saturated carbocycles. The van der Waals surface area contributed by atoms with Crippen LogP contribution in [0.5, 0.6) is 0 Å². The number of hydrogen-bond donors (Lipinski definition) is 0. The molecule has 0 aliphatic carbocycles. The zero-order valence-corrected chi connectivity index (χ0v) is 17.1. The van der Waals surface area contributed by atoms with Gasteiger partial charge >= 0.3 is 0 Å². The molecule has 0 aromatic heterocycles. The van der Waals surface area contributed by atoms with Crippen LogP contribution in [0.4, 0.5) is 10.1 Å². The average Bonchev–Trinajstić information content (AvgIpc) is 2.68. The Kier molecular flexibility index (Phi) is 6.57. The average molecular weight is 423 g/mol. The molecule has 1 saturated heterocycles. The molecule has 0 N–H and O–H groups in total. The van der Waals surface area contributed by atoms with Gasteiger partial charge in [0.15, 0.2) is 5.78 Å². The second kappa shape index (κ2) is 8.93. The Morgan fingerprint density at radius 1 is 1.04 bits per heavy atom. The van der Waals surface area contributed by atoms with E-state index in [0.717, 1.165) is 6.42 Å². The number of rotatable bonds is 5. The van der Waals surface area contributed by atoms with Gasteiger partial charge in [0.25, 0.3) is 5.91 Å². The van der Waals surface area contributed by atoms with Gasteiger partial charge in [-0.15, -0.1) is 0 Å². The van der Waals surface area contributed by atoms with Crippen LogP contribution in [0.1, 0.15) is 40.5 Å². The lowest BCUT2D eigenvalue weighted by molar-refractivity contribution is 0.0746. The van der Waals surface area contributed by atoms with Gasteiger partial charge in [-0.1, -0.05) is 30.1 Å². The van der Waals surface area contributed by atoms with Crippen molar-refractivity contribution >= 4 is 40.6 Å². The maximum absolute atomic E-state index is 14.5. The van der Waals surface area contributed by atoms with Gasteiger partial charge in [-0.3, -0.25) is 9.59 Å². The summed E-state index contributed by atoms with van der Waals surface area (Å²) in [6.07, 6.45) is 1.14. The van der Waals surface area contributed by atoms with Crippen molar-refractivity contribution in [2.24, 2.45) is 0 Å². The number of Topliss-reactive ketones (excluding diaryl/α,β-unsaturated/α-hetero) is 1. The van der Waals surface area contributed by atoms with Gasteiger partial charge < -0.3 is 9.80 Å². The van der Waals surface area contributed by atoms with E-state index < -0.39 is 5.82 Å². The minimum atomic E-state index is -0.414. The van der Waals surface area contributed by atoms with Crippen LogP contribution in [0.3, 0.4) is 0 Å². The van der Waals surface area contributed by atoms with Crippen molar-refractivity contribution in [2.75, 3.05) is 31.1 Å². The molecule has 2 aromatic rings. The molecule has 4 nitrogen and oxygen atoms in total. The van der Waals surface area contributed by atoms with Crippen LogP contribution >= 0.6 is 23.2 Å². The highest BCUT2D eigenvalue weighted by Crippen LogP contribution is 2.25. The SMILES string of the molecule is CCCC(=O)c1ccc(N2CCN(C(=O)c3ccc(Cl)cc3Cl)CC2)c(F)c1. The fraction of sp³-hybridized carbons (Fsp3) is 0.333. The number of nitrogens with zero attached hydrogens (tertiary/aromatic N) is 2. The van der Waals surface area contributed by atoms with Crippen molar-refractivity contribution < 1.29 is 14.0 Å². The monoisotopic (exact) mass is 422 g/mol. The summed E-state index contributed by atoms with van der Waals surface area (Å²) in [6, 6.07) is 9.41. The van der Waals surface area contributed by atoms with Crippen LogP contribution in [0.2, 0.25) is 10.0 Å². The van der Waals surface area contributed by atoms with Crippen LogP contribution in [0.15, 0.2) is 36.4 Å². The third kappa shape index (κ3) is 4.47. The van der Waals surface area contributed by atoms with Crippen LogP contribution in [-0.4, -0.2) is 42.8 Å². The molecule has 7 heteroatoms. The Bertz CT molecular complexity index is 896. The van der Waals surface area contributed by atoms with Gasteiger partial charge in [0.05, 0.1) is 16.3 Å². The number of anilines is 1.